The first-order chi connectivity index (χ1) is 1.00. The molecule has 4 radical (unpaired) electrons. The minimum atomic E-state index is 0. The van der Waals surface area contributed by atoms with Gasteiger partial charge in [-0.1, -0.05) is 0 Å². The van der Waals surface area contributed by atoms with Crippen LogP contribution >= 0.6 is 0 Å². The Kier molecular flexibility index (Phi) is 481. The Bertz CT molecular complexity index is 7.51. The van der Waals surface area contributed by atoms with Gasteiger partial charge in [-0.15, -0.1) is 0 Å². The largest absolute Gasteiger partial charge is 0.577 e. The maximum Gasteiger partial charge on any atom is 0 e. The molecule has 6 heavy (non-hydrogen) atoms. The van der Waals surface area contributed by atoms with Crippen LogP contribution in [-0.4, -0.2) is 0 Å². The molecule has 0 fully saturated rings. The van der Waals surface area contributed by atoms with Gasteiger partial charge in [0, 0.05) is 74.2 Å². The number of hydrogen-bond acceptors (Lipinski definition) is 1. The average molecular weight is 234 g/mol. The molecule has 0 spiro atoms. The first-order valence-electron chi connectivity index (χ1n) is 0.183. The second-order valence-corrected chi connectivity index (χ2v) is 0. The Morgan fingerprint density at radius 2 is 0.667 bits per heavy atom. The molecular formula is NOV4-. The van der Waals surface area contributed by atoms with Crippen molar-refractivity contribution >= 4 is 0 Å². The molecule has 2 nitrogen and oxygen atoms in total. The molecule has 0 aliphatic rings. The van der Waals surface area contributed by atoms with Gasteiger partial charge >= 0.3 is 0 Å². The SMILES string of the molecule is [N-]=O.[V].[V].[V].[V]. The van der Waals surface area contributed by atoms with E-state index in [9.17, 15) is 0 Å². The van der Waals surface area contributed by atoms with Gasteiger partial charge in [0.2, 0.25) is 0 Å². The van der Waals surface area contributed by atoms with E-state index in [1.165, 1.54) is 0 Å². The predicted octanol–water partition coefficient (Wildman–Crippen LogP) is 0.312. The van der Waals surface area contributed by atoms with Gasteiger partial charge in [0.25, 0.3) is 0 Å². The van der Waals surface area contributed by atoms with Crippen LogP contribution in [0.2, 0.25) is 0 Å². The van der Waals surface area contributed by atoms with Crippen LogP contribution in [0.4, 0.5) is 0 Å². The summed E-state index contributed by atoms with van der Waals surface area (Å²) in [5, 5.41) is 0. The van der Waals surface area contributed by atoms with Gasteiger partial charge in [0.1, 0.15) is 0 Å². The van der Waals surface area contributed by atoms with Crippen LogP contribution in [0, 0.1) is 4.91 Å². The molecular weight excluding hydrogens is 234 g/mol. The van der Waals surface area contributed by atoms with Gasteiger partial charge in [0.05, 0.1) is 0 Å². The van der Waals surface area contributed by atoms with Crippen molar-refractivity contribution in [3.8, 4) is 0 Å². The van der Waals surface area contributed by atoms with Gasteiger partial charge in [-0.2, -0.15) is 0 Å². The molecule has 0 saturated heterocycles. The van der Waals surface area contributed by atoms with Gasteiger partial charge in [0.15, 0.2) is 0 Å². The Balaban J connectivity index is -0.000000000833. The molecule has 0 aromatic carbocycles. The fourth-order valence-corrected chi connectivity index (χ4v) is 0. The topological polar surface area (TPSA) is 39.4 Å². The predicted molar refractivity (Wildman–Crippen MR) is 6.73 cm³/mol. The molecule has 0 aliphatic heterocycles. The van der Waals surface area contributed by atoms with E-state index in [4.69, 9.17) is 10.5 Å². The summed E-state index contributed by atoms with van der Waals surface area (Å²) in [5.41, 5.74) is 5.75. The van der Waals surface area contributed by atoms with E-state index >= 15 is 0 Å². The minimum Gasteiger partial charge on any atom is -0.577 e. The van der Waals surface area contributed by atoms with Crippen LogP contribution in [0.25, 0.3) is 5.59 Å². The third-order valence-corrected chi connectivity index (χ3v) is 0. The second kappa shape index (κ2) is 65.1. The van der Waals surface area contributed by atoms with E-state index in [1.54, 1.807) is 0 Å². The van der Waals surface area contributed by atoms with Gasteiger partial charge in [-0.3, -0.25) is 0 Å². The Hall–Kier alpha value is 1.94. The van der Waals surface area contributed by atoms with Crippen LogP contribution in [0.1, 0.15) is 0 Å². The molecule has 0 aromatic rings. The molecule has 0 aromatic heterocycles. The Morgan fingerprint density at radius 1 is 0.667 bits per heavy atom. The summed E-state index contributed by atoms with van der Waals surface area (Å²) in [6, 6.07) is 0. The smallest absolute Gasteiger partial charge is 0 e. The summed E-state index contributed by atoms with van der Waals surface area (Å²) < 4.78 is 0. The maximum absolute atomic E-state index is 7.25. The monoisotopic (exact) mass is 234 g/mol. The van der Waals surface area contributed by atoms with Gasteiger partial charge in [-0.05, 0) is 0 Å². The molecule has 6 heteroatoms. The van der Waals surface area contributed by atoms with Crippen molar-refractivity contribution in [1.29, 1.82) is 0 Å². The molecule has 0 aliphatic carbocycles. The quantitative estimate of drug-likeness (QED) is 0.594. The standard InChI is InChI=1S/NO.4V/c1-2;;;;/q-1;;;;. The number of hydrogen-bond donors (Lipinski definition) is 0. The van der Waals surface area contributed by atoms with Crippen LogP contribution < -0.4 is 0 Å². The van der Waals surface area contributed by atoms with Crippen molar-refractivity contribution < 1.29 is 74.2 Å². The third kappa shape index (κ3) is 38.6. The van der Waals surface area contributed by atoms with Crippen molar-refractivity contribution in [2.24, 2.45) is 0 Å². The second-order valence-electron chi connectivity index (χ2n) is 0. The summed E-state index contributed by atoms with van der Waals surface area (Å²) in [7, 11) is 0. The van der Waals surface area contributed by atoms with Crippen molar-refractivity contribution in [3.63, 3.8) is 0 Å². The maximum atomic E-state index is 7.25. The summed E-state index contributed by atoms with van der Waals surface area (Å²) in [6.07, 6.45) is 0. The van der Waals surface area contributed by atoms with E-state index < -0.39 is 0 Å². The van der Waals surface area contributed by atoms with Gasteiger partial charge < -0.3 is 10.5 Å². The first-order valence-corrected chi connectivity index (χ1v) is 0.183. The fraction of sp³-hybridized carbons (Fsp3) is 0. The molecule has 0 N–H and O–H groups in total. The Labute approximate surface area is 83.9 Å². The van der Waals surface area contributed by atoms with E-state index in [-0.39, 0.29) is 74.2 Å². The van der Waals surface area contributed by atoms with Gasteiger partial charge in [-0.25, -0.2) is 0 Å². The van der Waals surface area contributed by atoms with Crippen LogP contribution in [-0.2, 0) is 74.2 Å². The molecule has 0 amide bonds. The van der Waals surface area contributed by atoms with Crippen molar-refractivity contribution in [3.05, 3.63) is 10.5 Å². The first kappa shape index (κ1) is 44.3. The molecule has 32 valence electrons. The van der Waals surface area contributed by atoms with Crippen LogP contribution in [0.3, 0.4) is 0 Å². The van der Waals surface area contributed by atoms with E-state index in [2.05, 4.69) is 0 Å². The van der Waals surface area contributed by atoms with E-state index in [0.717, 1.165) is 0 Å². The van der Waals surface area contributed by atoms with Crippen molar-refractivity contribution in [1.82, 2.24) is 0 Å². The van der Waals surface area contributed by atoms with E-state index in [0.29, 0.717) is 0 Å². The van der Waals surface area contributed by atoms with Crippen LogP contribution in [0.15, 0.2) is 0 Å². The molecule has 0 saturated carbocycles. The number of nitrogens with zero attached hydrogens (tertiary/aromatic N) is 1. The molecule has 0 bridgehead atoms. The summed E-state index contributed by atoms with van der Waals surface area (Å²) in [5.74, 6) is 0. The fourth-order valence-electron chi connectivity index (χ4n) is 0. The van der Waals surface area contributed by atoms with E-state index in [1.807, 2.05) is 0 Å². The Morgan fingerprint density at radius 3 is 0.667 bits per heavy atom. The van der Waals surface area contributed by atoms with Crippen molar-refractivity contribution in [2.45, 2.75) is 0 Å². The summed E-state index contributed by atoms with van der Waals surface area (Å²) >= 11 is 0. The average Bonchev–Trinajstić information content (AvgIpc) is 1.00. The zero-order valence-corrected chi connectivity index (χ0v) is 8.23. The van der Waals surface area contributed by atoms with Crippen LogP contribution in [0.5, 0.6) is 0 Å². The zero-order chi connectivity index (χ0) is 2.00. The zero-order valence-electron chi connectivity index (χ0n) is 2.64. The normalized spacial score (nSPS) is 0.667. The van der Waals surface area contributed by atoms with Crippen molar-refractivity contribution in [2.75, 3.05) is 0 Å². The minimum absolute atomic E-state index is 0. The summed E-state index contributed by atoms with van der Waals surface area (Å²) in [4.78, 5) is 7.25. The number of rotatable bonds is 0. The molecule has 0 atom stereocenters. The number of nitroso groups, excluding NO2 is 1. The third-order valence-electron chi connectivity index (χ3n) is 0. The molecule has 0 heterocycles. The molecule has 0 rings (SSSR count). The molecule has 0 unspecified atom stereocenters. The summed E-state index contributed by atoms with van der Waals surface area (Å²) in [6.45, 7) is 0.